The van der Waals surface area contributed by atoms with Gasteiger partial charge in [-0.2, -0.15) is 4.31 Å². The van der Waals surface area contributed by atoms with Crippen LogP contribution in [0.25, 0.3) is 11.1 Å². The Labute approximate surface area is 272 Å². The molecule has 2 aliphatic rings. The van der Waals surface area contributed by atoms with E-state index >= 15 is 0 Å². The Morgan fingerprint density at radius 3 is 2.28 bits per heavy atom. The molecule has 2 saturated heterocycles. The molecule has 1 aromatic heterocycles. The summed E-state index contributed by atoms with van der Waals surface area (Å²) in [5.74, 6) is -0.861. The van der Waals surface area contributed by atoms with Gasteiger partial charge in [-0.1, -0.05) is 54.6 Å². The first-order chi connectivity index (χ1) is 22.7. The summed E-state index contributed by atoms with van der Waals surface area (Å²) in [4.78, 5) is 59.1. The Morgan fingerprint density at radius 1 is 0.915 bits per heavy atom. The monoisotopic (exact) mass is 652 g/mol. The molecule has 3 heterocycles. The molecule has 3 atom stereocenters. The van der Waals surface area contributed by atoms with Gasteiger partial charge in [-0.15, -0.1) is 0 Å². The quantitative estimate of drug-likeness (QED) is 0.291. The zero-order valence-electron chi connectivity index (χ0n) is 25.5. The van der Waals surface area contributed by atoms with Gasteiger partial charge >= 0.3 is 0 Å². The number of Topliss-reactive ketones (excluding diaryl/α,β-unsaturated/α-hetero) is 1. The largest absolute Gasteiger partial charge is 0.497 e. The molecule has 2 aliphatic heterocycles. The lowest BCUT2D eigenvalue weighted by Gasteiger charge is -2.28. The molecule has 2 fully saturated rings. The molecule has 0 radical (unpaired) electrons. The molecule has 0 spiro atoms. The molecule has 0 saturated carbocycles. The van der Waals surface area contributed by atoms with Crippen molar-refractivity contribution in [2.75, 3.05) is 20.2 Å². The fourth-order valence-electron chi connectivity index (χ4n) is 6.16. The molecular formula is C35H32N4O7S. The van der Waals surface area contributed by atoms with E-state index in [1.807, 2.05) is 42.5 Å². The van der Waals surface area contributed by atoms with Crippen molar-refractivity contribution in [2.24, 2.45) is 0 Å². The van der Waals surface area contributed by atoms with Crippen molar-refractivity contribution in [1.82, 2.24) is 19.5 Å². The van der Waals surface area contributed by atoms with E-state index in [0.717, 1.165) is 27.2 Å². The van der Waals surface area contributed by atoms with Crippen LogP contribution in [0.15, 0.2) is 103 Å². The van der Waals surface area contributed by atoms with Crippen molar-refractivity contribution >= 4 is 32.7 Å². The number of nitrogens with zero attached hydrogens (tertiary/aromatic N) is 3. The van der Waals surface area contributed by atoms with Crippen LogP contribution in [-0.4, -0.2) is 83.6 Å². The highest BCUT2D eigenvalue weighted by molar-refractivity contribution is 8.04. The Kier molecular flexibility index (Phi) is 8.97. The van der Waals surface area contributed by atoms with E-state index in [1.165, 1.54) is 23.2 Å². The minimum absolute atomic E-state index is 0.0771. The smallest absolute Gasteiger partial charge is 0.293 e. The van der Waals surface area contributed by atoms with Crippen LogP contribution in [0.1, 0.15) is 32.7 Å². The van der Waals surface area contributed by atoms with Crippen LogP contribution in [0.4, 0.5) is 0 Å². The fourth-order valence-corrected chi connectivity index (χ4v) is 7.67. The van der Waals surface area contributed by atoms with Crippen molar-refractivity contribution in [2.45, 2.75) is 31.0 Å². The number of likely N-dealkylation sites (tertiary alicyclic amines) is 1. The van der Waals surface area contributed by atoms with Gasteiger partial charge in [-0.05, 0) is 59.5 Å². The van der Waals surface area contributed by atoms with Crippen molar-refractivity contribution in [3.63, 3.8) is 0 Å². The van der Waals surface area contributed by atoms with E-state index in [0.29, 0.717) is 11.3 Å². The summed E-state index contributed by atoms with van der Waals surface area (Å²) in [5.41, 5.74) is 2.89. The predicted molar refractivity (Wildman–Crippen MR) is 173 cm³/mol. The molecule has 3 aromatic carbocycles. The molecule has 47 heavy (non-hydrogen) atoms. The molecular weight excluding hydrogens is 620 g/mol. The lowest BCUT2D eigenvalue weighted by atomic mass is 10.0. The van der Waals surface area contributed by atoms with E-state index in [4.69, 9.17) is 4.74 Å². The third-order valence-electron chi connectivity index (χ3n) is 8.56. The average molecular weight is 653 g/mol. The molecule has 240 valence electrons. The summed E-state index contributed by atoms with van der Waals surface area (Å²) in [6.45, 7) is -0.454. The lowest BCUT2D eigenvalue weighted by molar-refractivity contribution is -0.138. The second-order valence-corrected chi connectivity index (χ2v) is 13.2. The first kappa shape index (κ1) is 31.8. The number of ketones is 1. The maximum absolute atomic E-state index is 14.2. The zero-order chi connectivity index (χ0) is 33.1. The average Bonchev–Trinajstić information content (AvgIpc) is 3.69. The first-order valence-corrected chi connectivity index (χ1v) is 16.5. The third-order valence-corrected chi connectivity index (χ3v) is 10.3. The highest BCUT2D eigenvalue weighted by Gasteiger charge is 2.55. The molecule has 4 aromatic rings. The van der Waals surface area contributed by atoms with Gasteiger partial charge in [0.15, 0.2) is 5.78 Å². The summed E-state index contributed by atoms with van der Waals surface area (Å²) in [6.07, 6.45) is 2.84. The minimum Gasteiger partial charge on any atom is -0.497 e. The highest BCUT2D eigenvalue weighted by atomic mass is 32.2. The lowest BCUT2D eigenvalue weighted by Crippen LogP contribution is -2.53. The molecule has 1 N–H and O–H groups in total. The van der Waals surface area contributed by atoms with Gasteiger partial charge in [-0.25, -0.2) is 8.42 Å². The molecule has 11 nitrogen and oxygen atoms in total. The van der Waals surface area contributed by atoms with Crippen LogP contribution >= 0.6 is 0 Å². The van der Waals surface area contributed by atoms with Gasteiger partial charge in [0.05, 0.1) is 25.3 Å². The number of hydrogen-bond acceptors (Lipinski definition) is 8. The van der Waals surface area contributed by atoms with Crippen LogP contribution < -0.4 is 10.1 Å². The van der Waals surface area contributed by atoms with Crippen LogP contribution in [0.5, 0.6) is 5.75 Å². The number of hydrogen-bond donors (Lipinski definition) is 1. The summed E-state index contributed by atoms with van der Waals surface area (Å²) in [6, 6.07) is 23.5. The van der Waals surface area contributed by atoms with Gasteiger partial charge in [-0.3, -0.25) is 24.2 Å². The maximum atomic E-state index is 14.2. The van der Waals surface area contributed by atoms with Crippen molar-refractivity contribution in [3.05, 3.63) is 120 Å². The number of amides is 2. The summed E-state index contributed by atoms with van der Waals surface area (Å²) in [7, 11) is -3.03. The van der Waals surface area contributed by atoms with E-state index in [2.05, 4.69) is 10.3 Å². The van der Waals surface area contributed by atoms with Crippen LogP contribution in [0.2, 0.25) is 0 Å². The van der Waals surface area contributed by atoms with Crippen LogP contribution in [0.3, 0.4) is 0 Å². The number of carbonyl (C=O) groups is 4. The second kappa shape index (κ2) is 13.3. The third kappa shape index (κ3) is 6.42. The number of ether oxygens (including phenoxy) is 1. The summed E-state index contributed by atoms with van der Waals surface area (Å²) in [5, 5.41) is 1.70. The van der Waals surface area contributed by atoms with Gasteiger partial charge < -0.3 is 15.0 Å². The Hall–Kier alpha value is -5.20. The van der Waals surface area contributed by atoms with Crippen molar-refractivity contribution in [3.8, 4) is 16.9 Å². The van der Waals surface area contributed by atoms with Gasteiger partial charge in [0.1, 0.15) is 17.8 Å². The predicted octanol–water partition coefficient (Wildman–Crippen LogP) is 3.12. The number of fused-ring (bicyclic) bond motifs is 1. The van der Waals surface area contributed by atoms with Crippen LogP contribution in [-0.2, 0) is 26.0 Å². The molecule has 6 rings (SSSR count). The molecule has 12 heteroatoms. The Balaban J connectivity index is 1.24. The second-order valence-electron chi connectivity index (χ2n) is 11.4. The van der Waals surface area contributed by atoms with Crippen molar-refractivity contribution < 1.29 is 32.3 Å². The fraction of sp³-hybridized carbons (Fsp3) is 0.229. The molecule has 0 bridgehead atoms. The van der Waals surface area contributed by atoms with E-state index in [9.17, 15) is 27.6 Å². The minimum atomic E-state index is -4.57. The number of nitrogens with one attached hydrogen (secondary N) is 1. The molecule has 2 amide bonds. The molecule has 3 unspecified atom stereocenters. The number of aromatic nitrogens is 1. The highest BCUT2D eigenvalue weighted by Crippen LogP contribution is 2.33. The standard InChI is InChI=1S/C35H32N4O7S/c1-46-28-15-9-23(10-16-28)20-29(37-33(41)26-13-11-25(12-14-26)24-6-3-2-4-7-24)34(42)38-19-17-30-32(38)31(40)22-39(30)47(44,45)35(43)27-8-5-18-36-21-27/h2-16,18,21,29-30,32H,17,19-20,22H2,1H3,(H,37,41). The number of methoxy groups -OCH3 is 1. The number of rotatable bonds is 9. The molecule has 0 aliphatic carbocycles. The summed E-state index contributed by atoms with van der Waals surface area (Å²) < 4.78 is 32.9. The number of carbonyl (C=O) groups excluding carboxylic acids is 4. The van der Waals surface area contributed by atoms with Crippen molar-refractivity contribution in [1.29, 1.82) is 0 Å². The number of sulfonamides is 1. The SMILES string of the molecule is COc1ccc(CC(NC(=O)c2ccc(-c3ccccc3)cc2)C(=O)N2CCC3C2C(=O)CN3S(=O)(=O)C(=O)c2cccnc2)cc1. The van der Waals surface area contributed by atoms with E-state index in [1.54, 1.807) is 43.5 Å². The maximum Gasteiger partial charge on any atom is 0.293 e. The number of pyridine rings is 1. The number of benzene rings is 3. The Morgan fingerprint density at radius 2 is 1.62 bits per heavy atom. The zero-order valence-corrected chi connectivity index (χ0v) is 26.3. The normalized spacial score (nSPS) is 18.4. The first-order valence-electron chi connectivity index (χ1n) is 15.1. The van der Waals surface area contributed by atoms with Crippen LogP contribution in [0, 0.1) is 0 Å². The van der Waals surface area contributed by atoms with E-state index < -0.39 is 57.4 Å². The van der Waals surface area contributed by atoms with Gasteiger partial charge in [0.2, 0.25) is 5.91 Å². The van der Waals surface area contributed by atoms with E-state index in [-0.39, 0.29) is 24.9 Å². The topological polar surface area (TPSA) is 143 Å². The Bertz CT molecular complexity index is 1900. The van der Waals surface area contributed by atoms with Gasteiger partial charge in [0.25, 0.3) is 21.0 Å². The van der Waals surface area contributed by atoms with Gasteiger partial charge in [0, 0.05) is 30.9 Å². The summed E-state index contributed by atoms with van der Waals surface area (Å²) >= 11 is 0.